The molecule has 1 fully saturated rings. The van der Waals surface area contributed by atoms with E-state index in [9.17, 15) is 17.6 Å². The van der Waals surface area contributed by atoms with E-state index in [1.807, 2.05) is 0 Å². The van der Waals surface area contributed by atoms with Gasteiger partial charge < -0.3 is 10.2 Å². The van der Waals surface area contributed by atoms with Gasteiger partial charge in [0.05, 0.1) is 27.8 Å². The van der Waals surface area contributed by atoms with Gasteiger partial charge in [-0.25, -0.2) is 17.8 Å². The van der Waals surface area contributed by atoms with Crippen LogP contribution in [0.1, 0.15) is 10.4 Å². The molecule has 2 heterocycles. The summed E-state index contributed by atoms with van der Waals surface area (Å²) in [6.07, 6.45) is 1.43. The molecule has 0 radical (unpaired) electrons. The van der Waals surface area contributed by atoms with E-state index in [0.717, 1.165) is 0 Å². The molecule has 6 nitrogen and oxygen atoms in total. The van der Waals surface area contributed by atoms with Crippen LogP contribution in [0.5, 0.6) is 0 Å². The van der Waals surface area contributed by atoms with E-state index in [0.29, 0.717) is 22.2 Å². The lowest BCUT2D eigenvalue weighted by atomic mass is 10.1. The summed E-state index contributed by atoms with van der Waals surface area (Å²) in [6.45, 7) is 0.312. The Labute approximate surface area is 172 Å². The molecule has 0 bridgehead atoms. The summed E-state index contributed by atoms with van der Waals surface area (Å²) in [6, 6.07) is 11.8. The molecular formula is C20H17ClFN3O3S. The minimum absolute atomic E-state index is 0.00819. The van der Waals surface area contributed by atoms with Crippen LogP contribution in [0.15, 0.2) is 48.7 Å². The topological polar surface area (TPSA) is 79.4 Å². The molecule has 4 rings (SSSR count). The Balaban J connectivity index is 1.70. The Kier molecular flexibility index (Phi) is 5.14. The van der Waals surface area contributed by atoms with Crippen molar-refractivity contribution in [2.75, 3.05) is 29.9 Å². The first-order chi connectivity index (χ1) is 13.9. The third-order valence-electron chi connectivity index (χ3n) is 4.86. The second-order valence-electron chi connectivity index (χ2n) is 6.74. The molecule has 0 spiro atoms. The van der Waals surface area contributed by atoms with Crippen LogP contribution in [0.2, 0.25) is 5.02 Å². The Morgan fingerprint density at radius 2 is 1.76 bits per heavy atom. The van der Waals surface area contributed by atoms with Crippen LogP contribution in [0.4, 0.5) is 15.9 Å². The molecule has 0 saturated carbocycles. The van der Waals surface area contributed by atoms with Crippen LogP contribution in [-0.4, -0.2) is 48.8 Å². The highest BCUT2D eigenvalue weighted by molar-refractivity contribution is 7.91. The summed E-state index contributed by atoms with van der Waals surface area (Å²) in [4.78, 5) is 18.8. The van der Waals surface area contributed by atoms with Gasteiger partial charge in [-0.15, -0.1) is 0 Å². The number of fused-ring (bicyclic) bond motifs is 1. The number of nitrogens with zero attached hydrogens (tertiary/aromatic N) is 2. The first-order valence-corrected chi connectivity index (χ1v) is 11.1. The van der Waals surface area contributed by atoms with E-state index >= 15 is 0 Å². The Morgan fingerprint density at radius 3 is 2.48 bits per heavy atom. The smallest absolute Gasteiger partial charge is 0.256 e. The van der Waals surface area contributed by atoms with Gasteiger partial charge in [-0.05, 0) is 17.5 Å². The van der Waals surface area contributed by atoms with Gasteiger partial charge in [0.1, 0.15) is 5.82 Å². The fourth-order valence-electron chi connectivity index (χ4n) is 3.28. The summed E-state index contributed by atoms with van der Waals surface area (Å²) in [7, 11) is -3.09. The first kappa shape index (κ1) is 19.6. The highest BCUT2D eigenvalue weighted by Crippen LogP contribution is 2.30. The number of anilines is 2. The molecule has 1 aromatic heterocycles. The van der Waals surface area contributed by atoms with Gasteiger partial charge >= 0.3 is 0 Å². The summed E-state index contributed by atoms with van der Waals surface area (Å²) < 4.78 is 37.5. The largest absolute Gasteiger partial charge is 0.337 e. The highest BCUT2D eigenvalue weighted by Gasteiger charge is 2.27. The third kappa shape index (κ3) is 3.90. The van der Waals surface area contributed by atoms with Crippen molar-refractivity contribution < 1.29 is 17.6 Å². The van der Waals surface area contributed by atoms with Crippen molar-refractivity contribution in [2.24, 2.45) is 0 Å². The molecule has 150 valence electrons. The molecule has 1 aliphatic heterocycles. The molecule has 1 N–H and O–H groups in total. The zero-order chi connectivity index (χ0) is 20.6. The second kappa shape index (κ2) is 7.61. The van der Waals surface area contributed by atoms with Gasteiger partial charge in [0, 0.05) is 24.7 Å². The zero-order valence-electron chi connectivity index (χ0n) is 15.2. The molecule has 29 heavy (non-hydrogen) atoms. The number of sulfone groups is 1. The summed E-state index contributed by atoms with van der Waals surface area (Å²) >= 11 is 5.84. The fourth-order valence-corrected chi connectivity index (χ4v) is 4.65. The molecule has 0 unspecified atom stereocenters. The number of amides is 1. The van der Waals surface area contributed by atoms with Crippen molar-refractivity contribution >= 4 is 49.6 Å². The van der Waals surface area contributed by atoms with Crippen LogP contribution in [0.25, 0.3) is 10.8 Å². The number of carbonyl (C=O) groups excluding carboxylic acids is 1. The molecule has 9 heteroatoms. The molecular weight excluding hydrogens is 417 g/mol. The fraction of sp³-hybridized carbons (Fsp3) is 0.200. The van der Waals surface area contributed by atoms with Crippen LogP contribution in [0, 0.1) is 5.82 Å². The first-order valence-electron chi connectivity index (χ1n) is 8.94. The molecule has 1 aliphatic rings. The number of nitrogens with one attached hydrogen (secondary N) is 1. The van der Waals surface area contributed by atoms with Gasteiger partial charge in [-0.3, -0.25) is 4.79 Å². The number of carbonyl (C=O) groups is 1. The number of hydrogen-bond acceptors (Lipinski definition) is 5. The lowest BCUT2D eigenvalue weighted by Crippen LogP contribution is -2.43. The van der Waals surface area contributed by atoms with Crippen molar-refractivity contribution in [1.82, 2.24) is 9.88 Å². The molecule has 0 aliphatic carbocycles. The van der Waals surface area contributed by atoms with Crippen LogP contribution in [-0.2, 0) is 9.84 Å². The lowest BCUT2D eigenvalue weighted by molar-refractivity contribution is 0.0772. The van der Waals surface area contributed by atoms with E-state index in [-0.39, 0.29) is 41.2 Å². The number of halogens is 2. The summed E-state index contributed by atoms with van der Waals surface area (Å²) in [5, 5.41) is 4.21. The summed E-state index contributed by atoms with van der Waals surface area (Å²) in [5.74, 6) is -0.561. The molecule has 1 saturated heterocycles. The van der Waals surface area contributed by atoms with Crippen LogP contribution < -0.4 is 5.32 Å². The quantitative estimate of drug-likeness (QED) is 0.682. The van der Waals surface area contributed by atoms with Crippen molar-refractivity contribution in [3.05, 3.63) is 65.1 Å². The Hall–Kier alpha value is -2.71. The number of rotatable bonds is 3. The maximum Gasteiger partial charge on any atom is 0.256 e. The normalized spacial score (nSPS) is 16.0. The average molecular weight is 434 g/mol. The van der Waals surface area contributed by atoms with Gasteiger partial charge in [0.2, 0.25) is 0 Å². The van der Waals surface area contributed by atoms with Gasteiger partial charge in [-0.1, -0.05) is 41.9 Å². The highest BCUT2D eigenvalue weighted by atomic mass is 35.5. The van der Waals surface area contributed by atoms with Gasteiger partial charge in [0.25, 0.3) is 5.91 Å². The SMILES string of the molecule is O=C(c1cnc(Nc2cccc(Cl)c2F)c2ccccc12)N1CCS(=O)(=O)CC1. The average Bonchev–Trinajstić information content (AvgIpc) is 2.71. The number of hydrogen-bond donors (Lipinski definition) is 1. The van der Waals surface area contributed by atoms with Crippen molar-refractivity contribution in [3.8, 4) is 0 Å². The van der Waals surface area contributed by atoms with Crippen molar-refractivity contribution in [3.63, 3.8) is 0 Å². The van der Waals surface area contributed by atoms with E-state index in [2.05, 4.69) is 10.3 Å². The number of aromatic nitrogens is 1. The van der Waals surface area contributed by atoms with Gasteiger partial charge in [-0.2, -0.15) is 0 Å². The van der Waals surface area contributed by atoms with E-state index < -0.39 is 15.7 Å². The number of pyridine rings is 1. The van der Waals surface area contributed by atoms with Gasteiger partial charge in [0.15, 0.2) is 15.7 Å². The molecule has 0 atom stereocenters. The minimum atomic E-state index is -3.09. The molecule has 2 aromatic carbocycles. The van der Waals surface area contributed by atoms with E-state index in [1.165, 1.54) is 17.2 Å². The molecule has 1 amide bonds. The minimum Gasteiger partial charge on any atom is -0.337 e. The maximum atomic E-state index is 14.3. The van der Waals surface area contributed by atoms with E-state index in [1.54, 1.807) is 36.4 Å². The Morgan fingerprint density at radius 1 is 1.07 bits per heavy atom. The predicted molar refractivity (Wildman–Crippen MR) is 111 cm³/mol. The van der Waals surface area contributed by atoms with Crippen molar-refractivity contribution in [1.29, 1.82) is 0 Å². The monoisotopic (exact) mass is 433 g/mol. The third-order valence-corrected chi connectivity index (χ3v) is 6.76. The maximum absolute atomic E-state index is 14.3. The van der Waals surface area contributed by atoms with Crippen molar-refractivity contribution in [2.45, 2.75) is 0 Å². The lowest BCUT2D eigenvalue weighted by Gasteiger charge is -2.27. The molecule has 3 aromatic rings. The standard InChI is InChI=1S/C20H17ClFN3O3S/c21-16-6-3-7-17(18(16)22)24-19-14-5-2-1-4-13(14)15(12-23-19)20(26)25-8-10-29(27,28)11-9-25/h1-7,12H,8-11H2,(H,23,24). The number of benzene rings is 2. The second-order valence-corrected chi connectivity index (χ2v) is 9.45. The zero-order valence-corrected chi connectivity index (χ0v) is 16.8. The van der Waals surface area contributed by atoms with Crippen LogP contribution >= 0.6 is 11.6 Å². The van der Waals surface area contributed by atoms with E-state index in [4.69, 9.17) is 11.6 Å². The Bertz CT molecular complexity index is 1200. The van der Waals surface area contributed by atoms with Crippen LogP contribution in [0.3, 0.4) is 0 Å². The summed E-state index contributed by atoms with van der Waals surface area (Å²) in [5.41, 5.74) is 0.549. The predicted octanol–water partition coefficient (Wildman–Crippen LogP) is 3.64.